The molecular weight excluding hydrogens is 364 g/mol. The Balaban J connectivity index is 1.84. The summed E-state index contributed by atoms with van der Waals surface area (Å²) in [5.74, 6) is -0.501. The summed E-state index contributed by atoms with van der Waals surface area (Å²) >= 11 is 1.49. The number of nitrogens with one attached hydrogen (secondary N) is 2. The highest BCUT2D eigenvalue weighted by molar-refractivity contribution is 7.17. The summed E-state index contributed by atoms with van der Waals surface area (Å²) in [7, 11) is 0. The van der Waals surface area contributed by atoms with Crippen LogP contribution in [0.3, 0.4) is 0 Å². The quantitative estimate of drug-likeness (QED) is 0.525. The van der Waals surface area contributed by atoms with Crippen molar-refractivity contribution < 1.29 is 19.1 Å². The highest BCUT2D eigenvalue weighted by Gasteiger charge is 2.35. The Bertz CT molecular complexity index is 724. The molecular formula is C20H28N2O4S. The maximum Gasteiger partial charge on any atom is 0.309 e. The number of anilines is 1. The number of carbonyl (C=O) groups excluding carboxylic acids is 3. The third-order valence-electron chi connectivity index (χ3n) is 5.11. The number of unbranched alkanes of at least 4 members (excludes halogenated alkanes) is 1. The minimum atomic E-state index is -0.221. The topological polar surface area (TPSA) is 84.5 Å². The fraction of sp³-hybridized carbons (Fsp3) is 0.650. The predicted molar refractivity (Wildman–Crippen MR) is 105 cm³/mol. The molecule has 0 spiro atoms. The lowest BCUT2D eigenvalue weighted by Gasteiger charge is -2.21. The number of fused-ring (bicyclic) bond motifs is 1. The van der Waals surface area contributed by atoms with Crippen molar-refractivity contribution in [3.05, 3.63) is 16.0 Å². The minimum Gasteiger partial charge on any atom is -0.466 e. The summed E-state index contributed by atoms with van der Waals surface area (Å²) in [6.07, 6.45) is 5.70. The molecule has 0 radical (unpaired) electrons. The largest absolute Gasteiger partial charge is 0.466 e. The van der Waals surface area contributed by atoms with Crippen LogP contribution in [0, 0.1) is 11.8 Å². The van der Waals surface area contributed by atoms with Crippen LogP contribution >= 0.6 is 11.3 Å². The molecule has 6 nitrogen and oxygen atoms in total. The van der Waals surface area contributed by atoms with Gasteiger partial charge in [0, 0.05) is 17.3 Å². The lowest BCUT2D eigenvalue weighted by molar-refractivity contribution is -0.148. The molecule has 1 aromatic rings. The Kier molecular flexibility index (Phi) is 6.52. The Morgan fingerprint density at radius 1 is 1.15 bits per heavy atom. The van der Waals surface area contributed by atoms with Gasteiger partial charge in [0.2, 0.25) is 5.91 Å². The molecule has 3 rings (SSSR count). The first kappa shape index (κ1) is 19.9. The van der Waals surface area contributed by atoms with Gasteiger partial charge >= 0.3 is 5.97 Å². The number of amides is 2. The average Bonchev–Trinajstić information content (AvgIpc) is 3.43. The molecule has 0 aromatic carbocycles. The van der Waals surface area contributed by atoms with Gasteiger partial charge in [-0.2, -0.15) is 0 Å². The van der Waals surface area contributed by atoms with Crippen LogP contribution in [0.15, 0.2) is 0 Å². The summed E-state index contributed by atoms with van der Waals surface area (Å²) < 4.78 is 5.18. The van der Waals surface area contributed by atoms with Gasteiger partial charge in [0.15, 0.2) is 0 Å². The van der Waals surface area contributed by atoms with E-state index in [0.717, 1.165) is 49.0 Å². The van der Waals surface area contributed by atoms with Crippen LogP contribution in [-0.2, 0) is 27.2 Å². The number of hydrogen-bond donors (Lipinski definition) is 2. The molecule has 2 N–H and O–H groups in total. The first-order valence-electron chi connectivity index (χ1n) is 9.95. The molecule has 0 saturated heterocycles. The molecule has 2 amide bonds. The van der Waals surface area contributed by atoms with E-state index in [1.807, 2.05) is 0 Å². The molecule has 148 valence electrons. The van der Waals surface area contributed by atoms with Crippen LogP contribution < -0.4 is 10.6 Å². The van der Waals surface area contributed by atoms with Gasteiger partial charge < -0.3 is 15.4 Å². The second-order valence-corrected chi connectivity index (χ2v) is 8.38. The van der Waals surface area contributed by atoms with Crippen molar-refractivity contribution in [2.45, 2.75) is 58.8 Å². The molecule has 1 saturated carbocycles. The second kappa shape index (κ2) is 8.87. The van der Waals surface area contributed by atoms with Gasteiger partial charge in [0.05, 0.1) is 18.1 Å². The third kappa shape index (κ3) is 4.69. The normalized spacial score (nSPS) is 18.5. The number of esters is 1. The number of thiophene rings is 1. The standard InChI is InChI=1S/C20H28N2O4S/c1-3-5-10-21-18(24)16-14-11-13(20(25)26-4-2)8-9-15(14)27-19(16)22-17(23)12-6-7-12/h12-13H,3-11H2,1-2H3,(H,21,24)(H,22,23). The molecule has 1 atom stereocenters. The van der Waals surface area contributed by atoms with Gasteiger partial charge in [-0.15, -0.1) is 11.3 Å². The summed E-state index contributed by atoms with van der Waals surface area (Å²) in [6.45, 7) is 4.84. The molecule has 2 aliphatic carbocycles. The maximum atomic E-state index is 12.9. The Hall–Kier alpha value is -1.89. The van der Waals surface area contributed by atoms with E-state index in [0.29, 0.717) is 30.1 Å². The van der Waals surface area contributed by atoms with Crippen LogP contribution in [0.25, 0.3) is 0 Å². The highest BCUT2D eigenvalue weighted by atomic mass is 32.1. The number of hydrogen-bond acceptors (Lipinski definition) is 5. The van der Waals surface area contributed by atoms with Gasteiger partial charge in [-0.1, -0.05) is 13.3 Å². The smallest absolute Gasteiger partial charge is 0.309 e. The van der Waals surface area contributed by atoms with Crippen LogP contribution in [0.2, 0.25) is 0 Å². The molecule has 1 fully saturated rings. The lowest BCUT2D eigenvalue weighted by atomic mass is 9.86. The number of aryl methyl sites for hydroxylation is 1. The highest BCUT2D eigenvalue weighted by Crippen LogP contribution is 2.41. The van der Waals surface area contributed by atoms with Crippen molar-refractivity contribution in [3.63, 3.8) is 0 Å². The van der Waals surface area contributed by atoms with E-state index in [1.54, 1.807) is 6.92 Å². The molecule has 1 unspecified atom stereocenters. The van der Waals surface area contributed by atoms with Crippen molar-refractivity contribution in [1.82, 2.24) is 5.32 Å². The van der Waals surface area contributed by atoms with Crippen molar-refractivity contribution in [3.8, 4) is 0 Å². The Morgan fingerprint density at radius 2 is 1.93 bits per heavy atom. The van der Waals surface area contributed by atoms with Crippen LogP contribution in [-0.4, -0.2) is 30.9 Å². The molecule has 0 bridgehead atoms. The third-order valence-corrected chi connectivity index (χ3v) is 6.32. The molecule has 1 aromatic heterocycles. The van der Waals surface area contributed by atoms with Gasteiger partial charge in [0.1, 0.15) is 5.00 Å². The number of carbonyl (C=O) groups is 3. The summed E-state index contributed by atoms with van der Waals surface area (Å²) in [5.41, 5.74) is 1.46. The fourth-order valence-electron chi connectivity index (χ4n) is 3.40. The lowest BCUT2D eigenvalue weighted by Crippen LogP contribution is -2.29. The fourth-order valence-corrected chi connectivity index (χ4v) is 4.64. The van der Waals surface area contributed by atoms with E-state index in [4.69, 9.17) is 4.74 Å². The van der Waals surface area contributed by atoms with E-state index in [2.05, 4.69) is 17.6 Å². The van der Waals surface area contributed by atoms with Gasteiger partial charge in [-0.05, 0) is 51.0 Å². The van der Waals surface area contributed by atoms with Crippen molar-refractivity contribution in [2.75, 3.05) is 18.5 Å². The Labute approximate surface area is 164 Å². The number of ether oxygens (including phenoxy) is 1. The van der Waals surface area contributed by atoms with Crippen molar-refractivity contribution in [2.24, 2.45) is 11.8 Å². The van der Waals surface area contributed by atoms with Crippen LogP contribution in [0.5, 0.6) is 0 Å². The predicted octanol–water partition coefficient (Wildman–Crippen LogP) is 3.29. The van der Waals surface area contributed by atoms with Crippen molar-refractivity contribution >= 4 is 34.1 Å². The first-order valence-corrected chi connectivity index (χ1v) is 10.8. The molecule has 1 heterocycles. The van der Waals surface area contributed by atoms with Gasteiger partial charge in [0.25, 0.3) is 5.91 Å². The zero-order valence-electron chi connectivity index (χ0n) is 16.1. The van der Waals surface area contributed by atoms with E-state index in [9.17, 15) is 14.4 Å². The monoisotopic (exact) mass is 392 g/mol. The molecule has 2 aliphatic rings. The van der Waals surface area contributed by atoms with E-state index < -0.39 is 0 Å². The summed E-state index contributed by atoms with van der Waals surface area (Å²) in [4.78, 5) is 38.4. The zero-order valence-corrected chi connectivity index (χ0v) is 16.9. The van der Waals surface area contributed by atoms with Crippen molar-refractivity contribution in [1.29, 1.82) is 0 Å². The van der Waals surface area contributed by atoms with Gasteiger partial charge in [-0.3, -0.25) is 14.4 Å². The van der Waals surface area contributed by atoms with Gasteiger partial charge in [-0.25, -0.2) is 0 Å². The van der Waals surface area contributed by atoms with E-state index in [1.165, 1.54) is 11.3 Å². The molecule has 0 aliphatic heterocycles. The van der Waals surface area contributed by atoms with E-state index >= 15 is 0 Å². The average molecular weight is 393 g/mol. The number of rotatable bonds is 8. The summed E-state index contributed by atoms with van der Waals surface area (Å²) in [6, 6.07) is 0. The SMILES string of the molecule is CCCCNC(=O)c1c(NC(=O)C2CC2)sc2c1CC(C(=O)OCC)CC2. The van der Waals surface area contributed by atoms with Crippen LogP contribution in [0.4, 0.5) is 5.00 Å². The zero-order chi connectivity index (χ0) is 19.4. The van der Waals surface area contributed by atoms with Crippen LogP contribution in [0.1, 0.15) is 66.8 Å². The minimum absolute atomic E-state index is 0.00171. The second-order valence-electron chi connectivity index (χ2n) is 7.27. The van der Waals surface area contributed by atoms with E-state index in [-0.39, 0.29) is 29.6 Å². The molecule has 27 heavy (non-hydrogen) atoms. The summed E-state index contributed by atoms with van der Waals surface area (Å²) in [5, 5.41) is 6.57. The maximum absolute atomic E-state index is 12.9. The Morgan fingerprint density at radius 3 is 2.59 bits per heavy atom. The molecule has 7 heteroatoms. The first-order chi connectivity index (χ1) is 13.0.